The van der Waals surface area contributed by atoms with Gasteiger partial charge in [0.1, 0.15) is 5.82 Å². The van der Waals surface area contributed by atoms with Gasteiger partial charge in [-0.25, -0.2) is 9.37 Å². The van der Waals surface area contributed by atoms with Gasteiger partial charge < -0.3 is 9.84 Å². The molecule has 164 valence electrons. The number of carbonyl (C=O) groups is 1. The lowest BCUT2D eigenvalue weighted by atomic mass is 10.2. The van der Waals surface area contributed by atoms with Crippen LogP contribution in [0.15, 0.2) is 56.7 Å². The van der Waals surface area contributed by atoms with E-state index in [0.717, 1.165) is 15.6 Å². The minimum Gasteiger partial charge on any atom is -0.339 e. The molecule has 2 aromatic heterocycles. The summed E-state index contributed by atoms with van der Waals surface area (Å²) in [4.78, 5) is 21.1. The number of hydrogen-bond donors (Lipinski definition) is 1. The topological polar surface area (TPSA) is 80.9 Å². The number of benzene rings is 2. The molecule has 0 atom stereocenters. The maximum Gasteiger partial charge on any atom is 0.227 e. The molecule has 2 heterocycles. The van der Waals surface area contributed by atoms with E-state index in [2.05, 4.69) is 20.4 Å². The van der Waals surface area contributed by atoms with Gasteiger partial charge in [0.25, 0.3) is 0 Å². The molecule has 0 saturated heterocycles. The Balaban J connectivity index is 1.26. The fraction of sp³-hybridized carbons (Fsp3) is 0.182. The lowest BCUT2D eigenvalue weighted by molar-refractivity contribution is -0.116. The van der Waals surface area contributed by atoms with Crippen LogP contribution in [0.1, 0.15) is 23.7 Å². The summed E-state index contributed by atoms with van der Waals surface area (Å²) < 4.78 is 19.3. The van der Waals surface area contributed by atoms with E-state index >= 15 is 0 Å². The molecule has 2 aromatic carbocycles. The Bertz CT molecular complexity index is 1230. The first kappa shape index (κ1) is 22.4. The van der Waals surface area contributed by atoms with Crippen LogP contribution in [0.3, 0.4) is 0 Å². The van der Waals surface area contributed by atoms with Gasteiger partial charge >= 0.3 is 0 Å². The van der Waals surface area contributed by atoms with Crippen molar-refractivity contribution in [2.75, 3.05) is 5.32 Å². The molecule has 0 saturated carbocycles. The first-order chi connectivity index (χ1) is 15.5. The van der Waals surface area contributed by atoms with Crippen LogP contribution in [0.4, 0.5) is 10.1 Å². The predicted octanol–water partition coefficient (Wildman–Crippen LogP) is 6.16. The minimum absolute atomic E-state index is 0.183. The van der Waals surface area contributed by atoms with Gasteiger partial charge in [-0.3, -0.25) is 4.79 Å². The van der Waals surface area contributed by atoms with E-state index in [0.29, 0.717) is 40.2 Å². The van der Waals surface area contributed by atoms with Gasteiger partial charge in [0, 0.05) is 34.5 Å². The van der Waals surface area contributed by atoms with Crippen LogP contribution in [0.5, 0.6) is 0 Å². The number of halogens is 2. The van der Waals surface area contributed by atoms with Crippen molar-refractivity contribution in [2.45, 2.75) is 29.9 Å². The summed E-state index contributed by atoms with van der Waals surface area (Å²) in [7, 11) is 0. The number of nitrogens with one attached hydrogen (secondary N) is 1. The molecule has 0 spiro atoms. The first-order valence-corrected chi connectivity index (χ1v) is 11.9. The largest absolute Gasteiger partial charge is 0.339 e. The highest BCUT2D eigenvalue weighted by Crippen LogP contribution is 2.30. The van der Waals surface area contributed by atoms with Crippen molar-refractivity contribution in [3.8, 4) is 11.3 Å². The normalized spacial score (nSPS) is 11.0. The molecule has 1 N–H and O–H groups in total. The van der Waals surface area contributed by atoms with Crippen LogP contribution >= 0.6 is 34.7 Å². The summed E-state index contributed by atoms with van der Waals surface area (Å²) >= 11 is 9.00. The number of aromatic nitrogens is 3. The standard InChI is InChI=1S/C22H18ClFN4O2S2/c1-13-10-16(24)6-7-17(13)25-20(29)8-9-21-27-19(28-30-21)12-32-22-26-18(11-31-22)14-2-4-15(23)5-3-14/h2-7,10-11H,8-9,12H2,1H3,(H,25,29). The van der Waals surface area contributed by atoms with Crippen LogP contribution < -0.4 is 5.32 Å². The Morgan fingerprint density at radius 2 is 2.03 bits per heavy atom. The Morgan fingerprint density at radius 1 is 1.22 bits per heavy atom. The fourth-order valence-corrected chi connectivity index (χ4v) is 4.66. The summed E-state index contributed by atoms with van der Waals surface area (Å²) in [6, 6.07) is 11.8. The second-order valence-electron chi connectivity index (χ2n) is 6.91. The van der Waals surface area contributed by atoms with E-state index in [1.165, 1.54) is 23.9 Å². The molecule has 0 unspecified atom stereocenters. The summed E-state index contributed by atoms with van der Waals surface area (Å²) in [5.41, 5.74) is 3.15. The summed E-state index contributed by atoms with van der Waals surface area (Å²) in [6.07, 6.45) is 0.504. The van der Waals surface area contributed by atoms with Crippen molar-refractivity contribution in [1.82, 2.24) is 15.1 Å². The third kappa shape index (κ3) is 5.93. The Morgan fingerprint density at radius 3 is 2.81 bits per heavy atom. The highest BCUT2D eigenvalue weighted by Gasteiger charge is 2.12. The number of thiazole rings is 1. The molecule has 0 radical (unpaired) electrons. The van der Waals surface area contributed by atoms with Crippen LogP contribution in [-0.2, 0) is 17.0 Å². The van der Waals surface area contributed by atoms with Gasteiger partial charge in [0.05, 0.1) is 11.4 Å². The highest BCUT2D eigenvalue weighted by molar-refractivity contribution is 8.00. The number of anilines is 1. The zero-order valence-corrected chi connectivity index (χ0v) is 19.4. The van der Waals surface area contributed by atoms with Gasteiger partial charge in [-0.15, -0.1) is 11.3 Å². The van der Waals surface area contributed by atoms with Gasteiger partial charge in [-0.1, -0.05) is 40.7 Å². The zero-order valence-electron chi connectivity index (χ0n) is 17.0. The van der Waals surface area contributed by atoms with Crippen molar-refractivity contribution in [3.63, 3.8) is 0 Å². The molecule has 4 aromatic rings. The van der Waals surface area contributed by atoms with E-state index in [-0.39, 0.29) is 18.1 Å². The number of aryl methyl sites for hydroxylation is 2. The van der Waals surface area contributed by atoms with E-state index in [1.807, 2.05) is 29.6 Å². The number of thioether (sulfide) groups is 1. The van der Waals surface area contributed by atoms with E-state index < -0.39 is 0 Å². The predicted molar refractivity (Wildman–Crippen MR) is 125 cm³/mol. The molecule has 10 heteroatoms. The lowest BCUT2D eigenvalue weighted by Gasteiger charge is -2.07. The molecule has 0 aliphatic carbocycles. The number of hydrogen-bond acceptors (Lipinski definition) is 7. The summed E-state index contributed by atoms with van der Waals surface area (Å²) in [5, 5.41) is 9.42. The van der Waals surface area contributed by atoms with Crippen molar-refractivity contribution >= 4 is 46.3 Å². The Kier molecular flexibility index (Phi) is 7.19. The SMILES string of the molecule is Cc1cc(F)ccc1NC(=O)CCc1nc(CSc2nc(-c3ccc(Cl)cc3)cs2)no1. The molecule has 32 heavy (non-hydrogen) atoms. The number of nitrogens with zero attached hydrogens (tertiary/aromatic N) is 3. The van der Waals surface area contributed by atoms with E-state index in [9.17, 15) is 9.18 Å². The van der Waals surface area contributed by atoms with Gasteiger partial charge in [0.2, 0.25) is 11.8 Å². The third-order valence-corrected chi connectivity index (χ3v) is 6.76. The second kappa shape index (κ2) is 10.2. The van der Waals surface area contributed by atoms with Crippen LogP contribution in [-0.4, -0.2) is 21.0 Å². The van der Waals surface area contributed by atoms with E-state index in [4.69, 9.17) is 16.1 Å². The molecule has 4 rings (SSSR count). The van der Waals surface area contributed by atoms with Gasteiger partial charge in [-0.2, -0.15) is 4.98 Å². The Hall–Kier alpha value is -2.75. The maximum atomic E-state index is 13.2. The minimum atomic E-state index is -0.337. The van der Waals surface area contributed by atoms with Crippen molar-refractivity contribution in [1.29, 1.82) is 0 Å². The molecular formula is C22H18ClFN4O2S2. The van der Waals surface area contributed by atoms with Crippen molar-refractivity contribution < 1.29 is 13.7 Å². The van der Waals surface area contributed by atoms with E-state index in [1.54, 1.807) is 24.3 Å². The van der Waals surface area contributed by atoms with Crippen molar-refractivity contribution in [2.24, 2.45) is 0 Å². The fourth-order valence-electron chi connectivity index (χ4n) is 2.85. The first-order valence-electron chi connectivity index (χ1n) is 9.68. The summed E-state index contributed by atoms with van der Waals surface area (Å²) in [6.45, 7) is 1.74. The van der Waals surface area contributed by atoms with Gasteiger partial charge in [0.15, 0.2) is 10.2 Å². The molecular weight excluding hydrogens is 471 g/mol. The average Bonchev–Trinajstić information content (AvgIpc) is 3.43. The number of carbonyl (C=O) groups excluding carboxylic acids is 1. The average molecular weight is 489 g/mol. The molecule has 0 bridgehead atoms. The third-order valence-electron chi connectivity index (χ3n) is 4.49. The number of amides is 1. The second-order valence-corrected chi connectivity index (χ2v) is 9.42. The quantitative estimate of drug-likeness (QED) is 0.299. The molecule has 6 nitrogen and oxygen atoms in total. The van der Waals surface area contributed by atoms with Gasteiger partial charge in [-0.05, 0) is 42.8 Å². The van der Waals surface area contributed by atoms with Crippen LogP contribution in [0, 0.1) is 12.7 Å². The highest BCUT2D eigenvalue weighted by atomic mass is 35.5. The molecule has 0 aliphatic heterocycles. The van der Waals surface area contributed by atoms with Crippen LogP contribution in [0.25, 0.3) is 11.3 Å². The molecule has 0 aliphatic rings. The molecule has 1 amide bonds. The monoisotopic (exact) mass is 488 g/mol. The smallest absolute Gasteiger partial charge is 0.227 e. The number of rotatable bonds is 8. The summed E-state index contributed by atoms with van der Waals surface area (Å²) in [5.74, 6) is 0.913. The lowest BCUT2D eigenvalue weighted by Crippen LogP contribution is -2.13. The Labute approximate surface area is 197 Å². The maximum absolute atomic E-state index is 13.2. The van der Waals surface area contributed by atoms with Crippen molar-refractivity contribution in [3.05, 3.63) is 76.0 Å². The van der Waals surface area contributed by atoms with Crippen LogP contribution in [0.2, 0.25) is 5.02 Å². The molecule has 0 fully saturated rings. The zero-order chi connectivity index (χ0) is 22.5.